The van der Waals surface area contributed by atoms with Gasteiger partial charge in [0.05, 0.1) is 17.1 Å². The van der Waals surface area contributed by atoms with Crippen LogP contribution in [0.3, 0.4) is 0 Å². The van der Waals surface area contributed by atoms with Crippen LogP contribution in [0.4, 0.5) is 21.5 Å². The van der Waals surface area contributed by atoms with E-state index < -0.39 is 5.82 Å². The van der Waals surface area contributed by atoms with Crippen molar-refractivity contribution < 1.29 is 4.39 Å². The Hall–Kier alpha value is -1.16. The third kappa shape index (κ3) is 2.21. The maximum Gasteiger partial charge on any atom is 0.169 e. The van der Waals surface area contributed by atoms with E-state index in [9.17, 15) is 4.39 Å². The Morgan fingerprint density at radius 1 is 1.33 bits per heavy atom. The zero-order valence-electron chi connectivity index (χ0n) is 10.5. The summed E-state index contributed by atoms with van der Waals surface area (Å²) in [6.45, 7) is 2.72. The smallest absolute Gasteiger partial charge is 0.169 e. The van der Waals surface area contributed by atoms with Gasteiger partial charge in [0.25, 0.3) is 0 Å². The van der Waals surface area contributed by atoms with Crippen molar-refractivity contribution in [3.63, 3.8) is 0 Å². The summed E-state index contributed by atoms with van der Waals surface area (Å²) in [6, 6.07) is 1.89. The highest BCUT2D eigenvalue weighted by atomic mass is 35.5. The molecule has 0 bridgehead atoms. The van der Waals surface area contributed by atoms with E-state index in [0.717, 1.165) is 12.8 Å². The molecule has 0 aliphatic heterocycles. The lowest BCUT2D eigenvalue weighted by Crippen LogP contribution is -2.34. The molecular weight excluding hydrogens is 253 g/mol. The van der Waals surface area contributed by atoms with Gasteiger partial charge in [-0.3, -0.25) is 0 Å². The lowest BCUT2D eigenvalue weighted by molar-refractivity contribution is 0.580. The van der Waals surface area contributed by atoms with Gasteiger partial charge in [-0.15, -0.1) is 0 Å². The van der Waals surface area contributed by atoms with Crippen molar-refractivity contribution >= 4 is 28.7 Å². The Kier molecular flexibility index (Phi) is 3.85. The number of nitrogens with zero attached hydrogens (tertiary/aromatic N) is 1. The van der Waals surface area contributed by atoms with Crippen molar-refractivity contribution in [1.29, 1.82) is 0 Å². The van der Waals surface area contributed by atoms with Crippen LogP contribution in [0.25, 0.3) is 0 Å². The fraction of sp³-hybridized carbons (Fsp3) is 0.538. The van der Waals surface area contributed by atoms with Crippen LogP contribution >= 0.6 is 11.6 Å². The molecule has 100 valence electrons. The number of nitrogens with two attached hydrogens (primary N) is 2. The maximum atomic E-state index is 14.3. The minimum Gasteiger partial charge on any atom is -0.397 e. The highest BCUT2D eigenvalue weighted by Gasteiger charge is 2.27. The summed E-state index contributed by atoms with van der Waals surface area (Å²) in [5.41, 5.74) is 12.5. The molecule has 1 saturated carbocycles. The van der Waals surface area contributed by atoms with Gasteiger partial charge >= 0.3 is 0 Å². The van der Waals surface area contributed by atoms with Crippen molar-refractivity contribution in [2.75, 3.05) is 22.9 Å². The van der Waals surface area contributed by atoms with E-state index in [4.69, 9.17) is 23.1 Å². The van der Waals surface area contributed by atoms with E-state index in [-0.39, 0.29) is 10.7 Å². The normalized spacial score (nSPS) is 16.2. The minimum absolute atomic E-state index is 0.0318. The van der Waals surface area contributed by atoms with Crippen LogP contribution in [0.1, 0.15) is 32.6 Å². The molecule has 0 atom stereocenters. The average molecular weight is 272 g/mol. The Morgan fingerprint density at radius 2 is 1.94 bits per heavy atom. The summed E-state index contributed by atoms with van der Waals surface area (Å²) in [6.07, 6.45) is 4.53. The molecule has 0 spiro atoms. The highest BCUT2D eigenvalue weighted by Crippen LogP contribution is 2.39. The van der Waals surface area contributed by atoms with Gasteiger partial charge in [0.1, 0.15) is 5.02 Å². The Bertz CT molecular complexity index is 444. The number of anilines is 3. The Balaban J connectivity index is 2.44. The molecule has 4 N–H and O–H groups in total. The van der Waals surface area contributed by atoms with E-state index >= 15 is 0 Å². The SMILES string of the molecule is CCN(c1c(N)cc(N)c(Cl)c1F)C1CCCC1. The summed E-state index contributed by atoms with van der Waals surface area (Å²) in [5.74, 6) is -0.497. The van der Waals surface area contributed by atoms with Crippen molar-refractivity contribution in [2.24, 2.45) is 0 Å². The van der Waals surface area contributed by atoms with Crippen molar-refractivity contribution in [3.8, 4) is 0 Å². The maximum absolute atomic E-state index is 14.3. The van der Waals surface area contributed by atoms with E-state index in [0.29, 0.717) is 24.0 Å². The first-order chi connectivity index (χ1) is 8.56. The molecule has 3 nitrogen and oxygen atoms in total. The molecule has 0 heterocycles. The molecule has 0 amide bonds. The zero-order chi connectivity index (χ0) is 13.3. The number of benzene rings is 1. The van der Waals surface area contributed by atoms with Gasteiger partial charge in [-0.05, 0) is 25.8 Å². The predicted molar refractivity (Wildman–Crippen MR) is 75.5 cm³/mol. The molecule has 1 aromatic rings. The molecule has 0 saturated heterocycles. The van der Waals surface area contributed by atoms with Gasteiger partial charge in [-0.2, -0.15) is 0 Å². The fourth-order valence-electron chi connectivity index (χ4n) is 2.76. The molecule has 1 fully saturated rings. The number of nitrogen functional groups attached to an aromatic ring is 2. The second kappa shape index (κ2) is 5.22. The van der Waals surface area contributed by atoms with Crippen LogP contribution in [-0.2, 0) is 0 Å². The molecule has 1 aliphatic carbocycles. The minimum atomic E-state index is -0.497. The third-order valence-electron chi connectivity index (χ3n) is 3.63. The van der Waals surface area contributed by atoms with E-state index in [1.807, 2.05) is 11.8 Å². The highest BCUT2D eigenvalue weighted by molar-refractivity contribution is 6.33. The number of hydrogen-bond donors (Lipinski definition) is 2. The van der Waals surface area contributed by atoms with E-state index in [1.165, 1.54) is 12.8 Å². The van der Waals surface area contributed by atoms with Crippen LogP contribution < -0.4 is 16.4 Å². The van der Waals surface area contributed by atoms with Gasteiger partial charge in [-0.1, -0.05) is 24.4 Å². The van der Waals surface area contributed by atoms with Gasteiger partial charge in [0, 0.05) is 12.6 Å². The van der Waals surface area contributed by atoms with E-state index in [2.05, 4.69) is 0 Å². The first-order valence-electron chi connectivity index (χ1n) is 6.35. The van der Waals surface area contributed by atoms with Gasteiger partial charge in [0.15, 0.2) is 5.82 Å². The Morgan fingerprint density at radius 3 is 2.50 bits per heavy atom. The quantitative estimate of drug-likeness (QED) is 0.829. The zero-order valence-corrected chi connectivity index (χ0v) is 11.3. The third-order valence-corrected chi connectivity index (χ3v) is 4.02. The Labute approximate surface area is 112 Å². The monoisotopic (exact) mass is 271 g/mol. The van der Waals surface area contributed by atoms with E-state index in [1.54, 1.807) is 6.07 Å². The topological polar surface area (TPSA) is 55.3 Å². The number of rotatable bonds is 3. The molecule has 1 aliphatic rings. The largest absolute Gasteiger partial charge is 0.397 e. The van der Waals surface area contributed by atoms with Gasteiger partial charge in [-0.25, -0.2) is 4.39 Å². The summed E-state index contributed by atoms with van der Waals surface area (Å²) < 4.78 is 14.3. The summed E-state index contributed by atoms with van der Waals surface area (Å²) >= 11 is 5.88. The molecule has 18 heavy (non-hydrogen) atoms. The molecule has 1 aromatic carbocycles. The summed E-state index contributed by atoms with van der Waals surface area (Å²) in [4.78, 5) is 2.02. The average Bonchev–Trinajstić information content (AvgIpc) is 2.85. The van der Waals surface area contributed by atoms with Crippen LogP contribution in [-0.4, -0.2) is 12.6 Å². The first kappa shape index (κ1) is 13.3. The molecule has 2 rings (SSSR count). The molecule has 0 aromatic heterocycles. The van der Waals surface area contributed by atoms with Gasteiger partial charge < -0.3 is 16.4 Å². The van der Waals surface area contributed by atoms with Crippen LogP contribution in [0.5, 0.6) is 0 Å². The molecule has 0 radical (unpaired) electrons. The standard InChI is InChI=1S/C13H19ClFN3/c1-2-18(8-5-3-4-6-8)13-10(17)7-9(16)11(14)12(13)15/h7-8H,2-6,16-17H2,1H3. The first-order valence-corrected chi connectivity index (χ1v) is 6.73. The number of halogens is 2. The van der Waals surface area contributed by atoms with Crippen LogP contribution in [0.2, 0.25) is 5.02 Å². The molecule has 5 heteroatoms. The molecular formula is C13H19ClFN3. The van der Waals surface area contributed by atoms with Gasteiger partial charge in [0.2, 0.25) is 0 Å². The number of hydrogen-bond acceptors (Lipinski definition) is 3. The second-order valence-electron chi connectivity index (χ2n) is 4.76. The lowest BCUT2D eigenvalue weighted by atomic mass is 10.1. The summed E-state index contributed by atoms with van der Waals surface area (Å²) in [5, 5.41) is -0.0318. The summed E-state index contributed by atoms with van der Waals surface area (Å²) in [7, 11) is 0. The fourth-order valence-corrected chi connectivity index (χ4v) is 2.91. The van der Waals surface area contributed by atoms with Crippen LogP contribution in [0, 0.1) is 5.82 Å². The molecule has 0 unspecified atom stereocenters. The van der Waals surface area contributed by atoms with Crippen molar-refractivity contribution in [2.45, 2.75) is 38.6 Å². The van der Waals surface area contributed by atoms with Crippen molar-refractivity contribution in [3.05, 3.63) is 16.9 Å². The predicted octanol–water partition coefficient (Wildman–Crippen LogP) is 3.41. The second-order valence-corrected chi connectivity index (χ2v) is 5.13. The van der Waals surface area contributed by atoms with Crippen molar-refractivity contribution in [1.82, 2.24) is 0 Å². The van der Waals surface area contributed by atoms with Crippen LogP contribution in [0.15, 0.2) is 6.07 Å². The lowest BCUT2D eigenvalue weighted by Gasteiger charge is -2.31.